The van der Waals surface area contributed by atoms with Crippen molar-refractivity contribution in [3.63, 3.8) is 0 Å². The topological polar surface area (TPSA) is 92.0 Å². The zero-order chi connectivity index (χ0) is 14.7. The Labute approximate surface area is 113 Å². The molecular weight excluding hydrogens is 268 g/mol. The predicted molar refractivity (Wildman–Crippen MR) is 61.8 cm³/mol. The van der Waals surface area contributed by atoms with Gasteiger partial charge < -0.3 is 18.6 Å². The van der Waals surface area contributed by atoms with Crippen molar-refractivity contribution in [3.8, 4) is 0 Å². The van der Waals surface area contributed by atoms with E-state index in [2.05, 4.69) is 11.3 Å². The summed E-state index contributed by atoms with van der Waals surface area (Å²) >= 11 is 0. The van der Waals surface area contributed by atoms with Crippen LogP contribution < -0.4 is 0 Å². The van der Waals surface area contributed by atoms with Gasteiger partial charge in [-0.1, -0.05) is 6.58 Å². The second-order valence-electron chi connectivity index (χ2n) is 4.58. The molecule has 0 radical (unpaired) electrons. The summed E-state index contributed by atoms with van der Waals surface area (Å²) in [6.45, 7) is 4.93. The second kappa shape index (κ2) is 3.72. The molecule has 0 aromatic carbocycles. The van der Waals surface area contributed by atoms with Gasteiger partial charge in [0.2, 0.25) is 5.76 Å². The summed E-state index contributed by atoms with van der Waals surface area (Å²) in [5, 5.41) is 0. The highest BCUT2D eigenvalue weighted by molar-refractivity contribution is 6.07. The van der Waals surface area contributed by atoms with Gasteiger partial charge in [0.1, 0.15) is 16.9 Å². The molecule has 7 heteroatoms. The maximum Gasteiger partial charge on any atom is 0.346 e. The van der Waals surface area contributed by atoms with Crippen molar-refractivity contribution in [1.82, 2.24) is 0 Å². The van der Waals surface area contributed by atoms with Gasteiger partial charge in [-0.05, 0) is 6.92 Å². The van der Waals surface area contributed by atoms with Crippen molar-refractivity contribution in [2.45, 2.75) is 19.1 Å². The quantitative estimate of drug-likeness (QED) is 0.603. The van der Waals surface area contributed by atoms with Gasteiger partial charge in [-0.15, -0.1) is 0 Å². The average Bonchev–Trinajstić information content (AvgIpc) is 2.95. The van der Waals surface area contributed by atoms with E-state index in [9.17, 15) is 14.4 Å². The van der Waals surface area contributed by atoms with Gasteiger partial charge in [-0.25, -0.2) is 14.4 Å². The number of carbonyl (C=O) groups is 3. The maximum atomic E-state index is 11.9. The monoisotopic (exact) mass is 278 g/mol. The Morgan fingerprint density at radius 2 is 2.10 bits per heavy atom. The predicted octanol–water partition coefficient (Wildman–Crippen LogP) is 1.06. The summed E-state index contributed by atoms with van der Waals surface area (Å²) in [5.74, 6) is -3.53. The maximum absolute atomic E-state index is 11.9. The van der Waals surface area contributed by atoms with E-state index in [4.69, 9.17) is 13.9 Å². The van der Waals surface area contributed by atoms with E-state index in [-0.39, 0.29) is 34.6 Å². The number of rotatable bonds is 3. The summed E-state index contributed by atoms with van der Waals surface area (Å²) in [5.41, 5.74) is 0.161. The molecule has 2 aliphatic heterocycles. The third-order valence-electron chi connectivity index (χ3n) is 3.18. The first kappa shape index (κ1) is 12.5. The van der Waals surface area contributed by atoms with Crippen LogP contribution in [0.5, 0.6) is 0 Å². The molecule has 0 saturated heterocycles. The number of hydrogen-bond donors (Lipinski definition) is 0. The van der Waals surface area contributed by atoms with Crippen molar-refractivity contribution in [3.05, 3.63) is 34.8 Å². The molecule has 1 unspecified atom stereocenters. The van der Waals surface area contributed by atoms with Gasteiger partial charge in [0, 0.05) is 5.57 Å². The summed E-state index contributed by atoms with van der Waals surface area (Å²) in [4.78, 5) is 35.1. The molecule has 20 heavy (non-hydrogen) atoms. The van der Waals surface area contributed by atoms with Crippen LogP contribution >= 0.6 is 0 Å². The van der Waals surface area contributed by atoms with Crippen LogP contribution in [0.3, 0.4) is 0 Å². The standard InChI is InChI=1S/C13H10O7/c1-5(2)10(14)19-13-4-6-7(11(15)17-3)8(9(13)18-6)12(16)20-13/h1,4H2,2-3H3. The zero-order valence-corrected chi connectivity index (χ0v) is 10.8. The molecule has 0 fully saturated rings. The summed E-state index contributed by atoms with van der Waals surface area (Å²) in [6.07, 6.45) is -0.0406. The highest BCUT2D eigenvalue weighted by Gasteiger charge is 2.61. The van der Waals surface area contributed by atoms with Crippen LogP contribution in [0.1, 0.15) is 39.2 Å². The Morgan fingerprint density at radius 1 is 1.40 bits per heavy atom. The Balaban J connectivity index is 2.05. The Morgan fingerprint density at radius 3 is 2.70 bits per heavy atom. The van der Waals surface area contributed by atoms with Crippen LogP contribution in [0.25, 0.3) is 0 Å². The Bertz CT molecular complexity index is 681. The van der Waals surface area contributed by atoms with Crippen molar-refractivity contribution < 1.29 is 33.0 Å². The zero-order valence-electron chi connectivity index (χ0n) is 10.8. The summed E-state index contributed by atoms with van der Waals surface area (Å²) < 4.78 is 20.2. The molecule has 0 N–H and O–H groups in total. The van der Waals surface area contributed by atoms with E-state index in [1.165, 1.54) is 14.0 Å². The number of furan rings is 1. The van der Waals surface area contributed by atoms with Crippen LogP contribution in [0.4, 0.5) is 0 Å². The number of carbonyl (C=O) groups excluding carboxylic acids is 3. The van der Waals surface area contributed by atoms with Gasteiger partial charge in [-0.2, -0.15) is 0 Å². The van der Waals surface area contributed by atoms with Crippen molar-refractivity contribution >= 4 is 17.9 Å². The molecule has 3 rings (SSSR count). The SMILES string of the molecule is C=C(C)C(=O)OC12Cc3oc1c(c3C(=O)OC)C(=O)O2. The average molecular weight is 278 g/mol. The lowest BCUT2D eigenvalue weighted by molar-refractivity contribution is -0.205. The summed E-state index contributed by atoms with van der Waals surface area (Å²) in [7, 11) is 1.20. The van der Waals surface area contributed by atoms with Gasteiger partial charge in [-0.3, -0.25) is 0 Å². The highest BCUT2D eigenvalue weighted by Crippen LogP contribution is 2.50. The largest absolute Gasteiger partial charge is 0.465 e. The molecule has 0 aliphatic carbocycles. The first-order valence-electron chi connectivity index (χ1n) is 5.76. The van der Waals surface area contributed by atoms with E-state index in [1.54, 1.807) is 0 Å². The van der Waals surface area contributed by atoms with E-state index >= 15 is 0 Å². The second-order valence-corrected chi connectivity index (χ2v) is 4.58. The van der Waals surface area contributed by atoms with Gasteiger partial charge in [0.05, 0.1) is 13.5 Å². The minimum atomic E-state index is -1.60. The van der Waals surface area contributed by atoms with Gasteiger partial charge in [0.15, 0.2) is 0 Å². The minimum Gasteiger partial charge on any atom is -0.465 e. The van der Waals surface area contributed by atoms with Crippen LogP contribution in [0.15, 0.2) is 16.6 Å². The number of methoxy groups -OCH3 is 1. The lowest BCUT2D eigenvalue weighted by Crippen LogP contribution is -2.33. The number of fused-ring (bicyclic) bond motifs is 1. The van der Waals surface area contributed by atoms with Crippen LogP contribution in [-0.2, 0) is 31.2 Å². The third-order valence-corrected chi connectivity index (χ3v) is 3.18. The lowest BCUT2D eigenvalue weighted by Gasteiger charge is -2.22. The fourth-order valence-electron chi connectivity index (χ4n) is 2.30. The molecule has 2 aliphatic rings. The van der Waals surface area contributed by atoms with Crippen LogP contribution in [0, 0.1) is 0 Å². The van der Waals surface area contributed by atoms with Crippen molar-refractivity contribution in [1.29, 1.82) is 0 Å². The molecule has 2 bridgehead atoms. The molecule has 0 amide bonds. The fourth-order valence-corrected chi connectivity index (χ4v) is 2.30. The van der Waals surface area contributed by atoms with E-state index in [0.29, 0.717) is 0 Å². The van der Waals surface area contributed by atoms with Crippen molar-refractivity contribution in [2.24, 2.45) is 0 Å². The molecule has 1 aromatic rings. The van der Waals surface area contributed by atoms with E-state index in [0.717, 1.165) is 0 Å². The van der Waals surface area contributed by atoms with Crippen molar-refractivity contribution in [2.75, 3.05) is 7.11 Å². The van der Waals surface area contributed by atoms with Crippen LogP contribution in [0.2, 0.25) is 0 Å². The molecule has 1 aromatic heterocycles. The smallest absolute Gasteiger partial charge is 0.346 e. The van der Waals surface area contributed by atoms with Crippen LogP contribution in [-0.4, -0.2) is 25.0 Å². The number of esters is 3. The van der Waals surface area contributed by atoms with E-state index < -0.39 is 23.7 Å². The molecule has 104 valence electrons. The number of ether oxygens (including phenoxy) is 3. The normalized spacial score (nSPS) is 21.6. The van der Waals surface area contributed by atoms with Gasteiger partial charge >= 0.3 is 23.7 Å². The molecule has 0 spiro atoms. The third kappa shape index (κ3) is 1.37. The highest BCUT2D eigenvalue weighted by atomic mass is 16.8. The van der Waals surface area contributed by atoms with Gasteiger partial charge in [0.25, 0.3) is 0 Å². The Kier molecular flexibility index (Phi) is 2.32. The molecular formula is C13H10O7. The lowest BCUT2D eigenvalue weighted by atomic mass is 9.97. The number of hydrogen-bond acceptors (Lipinski definition) is 7. The molecule has 3 heterocycles. The first-order valence-corrected chi connectivity index (χ1v) is 5.76. The minimum absolute atomic E-state index is 0.0343. The van der Waals surface area contributed by atoms with E-state index in [1.807, 2.05) is 0 Å². The summed E-state index contributed by atoms with van der Waals surface area (Å²) in [6, 6.07) is 0. The molecule has 1 atom stereocenters. The Hall–Kier alpha value is -2.57. The molecule has 7 nitrogen and oxygen atoms in total. The fraction of sp³-hybridized carbons (Fsp3) is 0.308. The first-order chi connectivity index (χ1) is 9.39. The molecule has 0 saturated carbocycles.